The average molecular weight is 737 g/mol. The zero-order valence-corrected chi connectivity index (χ0v) is 35.7. The summed E-state index contributed by atoms with van der Waals surface area (Å²) in [6, 6.07) is 0. The van der Waals surface area contributed by atoms with Crippen molar-refractivity contribution >= 4 is 7.82 Å². The number of nitrogens with zero attached hydrogens (tertiary/aromatic N) is 1. The van der Waals surface area contributed by atoms with E-state index in [1.807, 2.05) is 21.1 Å². The van der Waals surface area contributed by atoms with E-state index in [9.17, 15) is 9.46 Å². The Hall–Kier alpha value is -0.230. The molecule has 0 bridgehead atoms. The highest BCUT2D eigenvalue weighted by molar-refractivity contribution is 7.47. The number of hydrogen-bond acceptors (Lipinski definition) is 4. The van der Waals surface area contributed by atoms with E-state index in [0.717, 1.165) is 61.4 Å². The molecule has 3 saturated carbocycles. The number of rotatable bonds is 24. The molecule has 0 heterocycles. The fourth-order valence-corrected chi connectivity index (χ4v) is 12.1. The van der Waals surface area contributed by atoms with Gasteiger partial charge in [0.25, 0.3) is 0 Å². The number of quaternary nitrogens is 1. The summed E-state index contributed by atoms with van der Waals surface area (Å²) < 4.78 is 29.4. The summed E-state index contributed by atoms with van der Waals surface area (Å²) in [5.74, 6) is 5.44. The topological polar surface area (TPSA) is 65.0 Å². The van der Waals surface area contributed by atoms with Crippen LogP contribution in [-0.2, 0) is 18.3 Å². The van der Waals surface area contributed by atoms with E-state index >= 15 is 0 Å². The van der Waals surface area contributed by atoms with Crippen molar-refractivity contribution in [2.24, 2.45) is 46.3 Å². The number of likely N-dealkylation sites (N-methyl/N-ethyl adjacent to an activating group) is 1. The second-order valence-electron chi connectivity index (χ2n) is 19.7. The molecule has 3 fully saturated rings. The fourth-order valence-electron chi connectivity index (χ4n) is 11.3. The molecule has 0 aromatic heterocycles. The maximum absolute atomic E-state index is 12.0. The van der Waals surface area contributed by atoms with Gasteiger partial charge in [0.2, 0.25) is 0 Å². The highest BCUT2D eigenvalue weighted by atomic mass is 31.2. The van der Waals surface area contributed by atoms with Crippen LogP contribution in [-0.4, -0.2) is 63.0 Å². The van der Waals surface area contributed by atoms with Crippen molar-refractivity contribution in [3.8, 4) is 0 Å². The first kappa shape index (κ1) is 43.5. The van der Waals surface area contributed by atoms with Gasteiger partial charge in [-0.1, -0.05) is 117 Å². The van der Waals surface area contributed by atoms with Crippen molar-refractivity contribution in [3.05, 3.63) is 11.6 Å². The summed E-state index contributed by atoms with van der Waals surface area (Å²) in [5, 5.41) is 0. The second kappa shape index (κ2) is 20.1. The first-order chi connectivity index (χ1) is 24.1. The van der Waals surface area contributed by atoms with Crippen LogP contribution in [0.4, 0.5) is 0 Å². The molecule has 6 nitrogen and oxygen atoms in total. The number of phosphoric ester groups is 1. The Bertz CT molecular complexity index is 1100. The van der Waals surface area contributed by atoms with E-state index in [2.05, 4.69) is 40.7 Å². The fraction of sp³-hybridized carbons (Fsp3) is 0.955. The van der Waals surface area contributed by atoms with E-state index in [-0.39, 0.29) is 13.2 Å². The summed E-state index contributed by atoms with van der Waals surface area (Å²) in [7, 11) is 2.16. The lowest BCUT2D eigenvalue weighted by atomic mass is 9.47. The van der Waals surface area contributed by atoms with E-state index in [1.54, 1.807) is 5.57 Å². The number of unbranched alkanes of at least 4 members (excludes halogenated alkanes) is 9. The molecule has 1 unspecified atom stereocenters. The van der Waals surface area contributed by atoms with Gasteiger partial charge in [0.1, 0.15) is 13.2 Å². The van der Waals surface area contributed by atoms with Gasteiger partial charge >= 0.3 is 7.82 Å². The molecule has 0 saturated heterocycles. The molecule has 0 aliphatic heterocycles. The zero-order valence-electron chi connectivity index (χ0n) is 34.8. The van der Waals surface area contributed by atoms with Crippen LogP contribution in [0.2, 0.25) is 0 Å². The van der Waals surface area contributed by atoms with Crippen molar-refractivity contribution in [1.29, 1.82) is 0 Å². The smallest absolute Gasteiger partial charge is 0.378 e. The molecule has 298 valence electrons. The third kappa shape index (κ3) is 12.9. The van der Waals surface area contributed by atoms with Gasteiger partial charge < -0.3 is 14.1 Å². The molecular formula is C44H83NO5P+. The summed E-state index contributed by atoms with van der Waals surface area (Å²) in [6.07, 6.45) is 30.4. The van der Waals surface area contributed by atoms with Crippen molar-refractivity contribution in [2.45, 2.75) is 176 Å². The first-order valence-electron chi connectivity index (χ1n) is 21.9. The van der Waals surface area contributed by atoms with Crippen LogP contribution in [0.1, 0.15) is 169 Å². The standard InChI is InChI=1S/C44H82NO5P/c1-35(2)20-19-21-36(3)40-24-25-41-39-23-22-37-34-38(26-28-43(37,4)42(39)27-29-44(40,41)5)48-31-17-15-13-11-9-10-12-14-16-18-32-49-51(46,47)50-33-30-45(6,7)8/h22,35-36,38-42H,9-21,23-34H2,1-8H3/p+1/t36-,38+,39+,40-,41+,42+,43+,44-/m1/s1. The minimum Gasteiger partial charge on any atom is -0.378 e. The Kier molecular flexibility index (Phi) is 17.1. The van der Waals surface area contributed by atoms with E-state index in [4.69, 9.17) is 13.8 Å². The molecule has 0 radical (unpaired) electrons. The van der Waals surface area contributed by atoms with Gasteiger partial charge in [-0.05, 0) is 111 Å². The van der Waals surface area contributed by atoms with Crippen LogP contribution in [0, 0.1) is 46.3 Å². The molecule has 4 aliphatic carbocycles. The molecule has 4 aliphatic rings. The van der Waals surface area contributed by atoms with E-state index in [1.165, 1.54) is 116 Å². The van der Waals surface area contributed by atoms with Gasteiger partial charge in [-0.15, -0.1) is 0 Å². The van der Waals surface area contributed by atoms with Gasteiger partial charge in [-0.2, -0.15) is 0 Å². The summed E-state index contributed by atoms with van der Waals surface area (Å²) in [6.45, 7) is 14.9. The molecule has 0 aromatic carbocycles. The molecule has 0 aromatic rings. The van der Waals surface area contributed by atoms with Gasteiger partial charge in [-0.3, -0.25) is 9.05 Å². The van der Waals surface area contributed by atoms with Gasteiger partial charge in [-0.25, -0.2) is 4.57 Å². The molecule has 9 atom stereocenters. The molecule has 7 heteroatoms. The third-order valence-corrected chi connectivity index (χ3v) is 15.4. The monoisotopic (exact) mass is 737 g/mol. The normalized spacial score (nSPS) is 32.6. The number of phosphoric acid groups is 1. The Morgan fingerprint density at radius 1 is 0.784 bits per heavy atom. The Balaban J connectivity index is 1.03. The molecule has 0 amide bonds. The van der Waals surface area contributed by atoms with Crippen molar-refractivity contribution in [1.82, 2.24) is 0 Å². The maximum atomic E-state index is 12.0. The van der Waals surface area contributed by atoms with E-state index < -0.39 is 7.82 Å². The highest BCUT2D eigenvalue weighted by Gasteiger charge is 2.59. The van der Waals surface area contributed by atoms with Crippen molar-refractivity contribution < 1.29 is 27.7 Å². The van der Waals surface area contributed by atoms with Gasteiger partial charge in [0, 0.05) is 6.61 Å². The van der Waals surface area contributed by atoms with E-state index in [0.29, 0.717) is 28.0 Å². The highest BCUT2D eigenvalue weighted by Crippen LogP contribution is 2.67. The lowest BCUT2D eigenvalue weighted by Crippen LogP contribution is -2.51. The van der Waals surface area contributed by atoms with Gasteiger partial charge in [0.15, 0.2) is 0 Å². The summed E-state index contributed by atoms with van der Waals surface area (Å²) in [4.78, 5) is 9.81. The lowest BCUT2D eigenvalue weighted by molar-refractivity contribution is -0.870. The number of hydrogen-bond donors (Lipinski definition) is 1. The number of ether oxygens (including phenoxy) is 1. The third-order valence-electron chi connectivity index (χ3n) is 14.4. The van der Waals surface area contributed by atoms with Crippen LogP contribution in [0.15, 0.2) is 11.6 Å². The van der Waals surface area contributed by atoms with Gasteiger partial charge in [0.05, 0.1) is 33.9 Å². The zero-order chi connectivity index (χ0) is 37.1. The minimum absolute atomic E-state index is 0.225. The van der Waals surface area contributed by atoms with Crippen molar-refractivity contribution in [3.63, 3.8) is 0 Å². The van der Waals surface area contributed by atoms with Crippen LogP contribution in [0.5, 0.6) is 0 Å². The molecule has 4 rings (SSSR count). The van der Waals surface area contributed by atoms with Crippen LogP contribution in [0.25, 0.3) is 0 Å². The maximum Gasteiger partial charge on any atom is 0.472 e. The average Bonchev–Trinajstić information content (AvgIpc) is 3.41. The van der Waals surface area contributed by atoms with Crippen molar-refractivity contribution in [2.75, 3.05) is 47.5 Å². The number of fused-ring (bicyclic) bond motifs is 5. The minimum atomic E-state index is -3.92. The Labute approximate surface area is 315 Å². The quantitative estimate of drug-likeness (QED) is 0.0463. The molecule has 1 N–H and O–H groups in total. The lowest BCUT2D eigenvalue weighted by Gasteiger charge is -2.58. The number of allylic oxidation sites excluding steroid dienone is 1. The Morgan fingerprint density at radius 3 is 2.06 bits per heavy atom. The second-order valence-corrected chi connectivity index (χ2v) is 21.2. The molecule has 0 spiro atoms. The molecule has 51 heavy (non-hydrogen) atoms. The largest absolute Gasteiger partial charge is 0.472 e. The molecular weight excluding hydrogens is 653 g/mol. The van der Waals surface area contributed by atoms with Crippen LogP contribution >= 0.6 is 7.82 Å². The Morgan fingerprint density at radius 2 is 1.41 bits per heavy atom. The first-order valence-corrected chi connectivity index (χ1v) is 23.4. The predicted octanol–water partition coefficient (Wildman–Crippen LogP) is 12.2. The SMILES string of the molecule is CC(C)CCC[C@@H](C)[C@H]1CC[C@H]2[C@@H]3CC=C4C[C@@H](OCCCCCCCCCCCCOP(=O)(O)OCC[N+](C)(C)C)CC[C@]4(C)[C@H]3CC[C@]12C. The van der Waals surface area contributed by atoms with Crippen LogP contribution in [0.3, 0.4) is 0 Å². The summed E-state index contributed by atoms with van der Waals surface area (Å²) in [5.41, 5.74) is 2.76. The summed E-state index contributed by atoms with van der Waals surface area (Å²) >= 11 is 0. The van der Waals surface area contributed by atoms with Crippen LogP contribution < -0.4 is 0 Å². The predicted molar refractivity (Wildman–Crippen MR) is 214 cm³/mol.